The Balaban J connectivity index is 0.742. The summed E-state index contributed by atoms with van der Waals surface area (Å²) in [4.78, 5) is 113. The van der Waals surface area contributed by atoms with E-state index in [1.807, 2.05) is 55.5 Å². The van der Waals surface area contributed by atoms with Gasteiger partial charge in [-0.2, -0.15) is 0 Å². The topological polar surface area (TPSA) is 249 Å². The first kappa shape index (κ1) is 58.6. The second kappa shape index (κ2) is 24.2. The van der Waals surface area contributed by atoms with Gasteiger partial charge in [0.05, 0.1) is 29.0 Å². The Labute approximate surface area is 480 Å². The first-order chi connectivity index (χ1) is 39.6. The Hall–Kier alpha value is -9.07. The van der Waals surface area contributed by atoms with Crippen LogP contribution in [0.1, 0.15) is 120 Å². The van der Waals surface area contributed by atoms with Crippen LogP contribution in [0.2, 0.25) is 0 Å². The number of pyridine rings is 2. The number of esters is 2. The third-order valence-corrected chi connectivity index (χ3v) is 15.1. The zero-order valence-electron chi connectivity index (χ0n) is 48.0. The fourth-order valence-electron chi connectivity index (χ4n) is 10.8. The van der Waals surface area contributed by atoms with Crippen molar-refractivity contribution in [2.45, 2.75) is 130 Å². The predicted molar refractivity (Wildman–Crippen MR) is 306 cm³/mol. The molecule has 3 aliphatic rings. The molecule has 2 aliphatic heterocycles. The maximum absolute atomic E-state index is 14.3. The summed E-state index contributed by atoms with van der Waals surface area (Å²) in [5.74, 6) is -2.82. The highest BCUT2D eigenvalue weighted by molar-refractivity contribution is 5.98. The van der Waals surface area contributed by atoms with Gasteiger partial charge in [-0.05, 0) is 123 Å². The monoisotopic (exact) mass is 1130 g/mol. The highest BCUT2D eigenvalue weighted by Crippen LogP contribution is 2.45. The van der Waals surface area contributed by atoms with Crippen LogP contribution in [0.3, 0.4) is 0 Å². The summed E-state index contributed by atoms with van der Waals surface area (Å²) >= 11 is 0. The Bertz CT molecular complexity index is 3560. The first-order valence-corrected chi connectivity index (χ1v) is 27.8. The van der Waals surface area contributed by atoms with Crippen LogP contribution in [0.4, 0.5) is 20.1 Å². The molecule has 9 rings (SSSR count). The van der Waals surface area contributed by atoms with Crippen LogP contribution in [0.5, 0.6) is 5.75 Å². The summed E-state index contributed by atoms with van der Waals surface area (Å²) < 4.78 is 35.1. The lowest BCUT2D eigenvalue weighted by Crippen LogP contribution is -2.53. The van der Waals surface area contributed by atoms with E-state index < -0.39 is 70.9 Å². The zero-order valence-corrected chi connectivity index (χ0v) is 48.0. The SMILES string of the molecule is CCc1c2c(nc3ccc(OC(=O)OC(C)(C)C)cc13)-c1cc3c(c(=O)n1C2)COC(=O)[C@@]3(CC)OC(=O)CCCN(C)C(=O)OCc1ccc(NC(=O)[C@H](C)NC(=O)[C@@H](NC(=O)OCC2c3ccccc3-c3ccccc32)C(C)C)cc1. The number of nitrogens with one attached hydrogen (secondary N) is 3. The van der Waals surface area contributed by atoms with Crippen molar-refractivity contribution in [1.29, 1.82) is 0 Å². The molecule has 0 spiro atoms. The second-order valence-corrected chi connectivity index (χ2v) is 22.2. The highest BCUT2D eigenvalue weighted by atomic mass is 16.7. The van der Waals surface area contributed by atoms with E-state index in [9.17, 15) is 38.4 Å². The van der Waals surface area contributed by atoms with Gasteiger partial charge in [-0.15, -0.1) is 0 Å². The standard InChI is InChI=1S/C63H68N6O14/c1-10-40-45-29-39(81-61(77)83-62(6,7)8)26-27-50(45)66-54-46(40)31-69-51(54)30-49-48(57(69)73)34-78-58(74)63(49,11-2)82-52(70)21-16-28-68(9)60(76)80-32-37-22-24-38(25-23-37)65-55(71)36(5)64-56(72)53(35(3)4)67-59(75)79-33-47-43-19-14-12-17-41(43)42-18-13-15-20-44(42)47/h12-15,17-20,22-27,29-30,35-36,47,53H,10-11,16,21,28,31-34H2,1-9H3,(H,64,72)(H,65,71)(H,67,75)/t36-,53-,63-/m0/s1. The normalized spacial score (nSPS) is 15.5. The van der Waals surface area contributed by atoms with E-state index in [2.05, 4.69) is 16.0 Å². The van der Waals surface area contributed by atoms with Crippen LogP contribution in [0, 0.1) is 5.92 Å². The third kappa shape index (κ3) is 12.4. The lowest BCUT2D eigenvalue weighted by molar-refractivity contribution is -0.189. The zero-order chi connectivity index (χ0) is 59.5. The Kier molecular flexibility index (Phi) is 17.1. The van der Waals surface area contributed by atoms with Crippen molar-refractivity contribution in [2.75, 3.05) is 25.5 Å². The lowest BCUT2D eigenvalue weighted by Gasteiger charge is -2.35. The smallest absolute Gasteiger partial charge is 0.457 e. The molecule has 0 fully saturated rings. The number of aryl methyl sites for hydroxylation is 1. The van der Waals surface area contributed by atoms with Crippen molar-refractivity contribution in [3.05, 3.63) is 146 Å². The van der Waals surface area contributed by atoms with E-state index in [0.29, 0.717) is 34.6 Å². The van der Waals surface area contributed by atoms with E-state index in [1.165, 1.54) is 18.9 Å². The van der Waals surface area contributed by atoms with Gasteiger partial charge in [0.15, 0.2) is 0 Å². The Morgan fingerprint density at radius 2 is 1.53 bits per heavy atom. The van der Waals surface area contributed by atoms with E-state index in [4.69, 9.17) is 33.4 Å². The molecule has 20 nitrogen and oxygen atoms in total. The van der Waals surface area contributed by atoms with Gasteiger partial charge in [0, 0.05) is 48.1 Å². The Morgan fingerprint density at radius 1 is 0.843 bits per heavy atom. The van der Waals surface area contributed by atoms with Crippen LogP contribution in [-0.2, 0) is 74.6 Å². The minimum Gasteiger partial charge on any atom is -0.457 e. The highest BCUT2D eigenvalue weighted by Gasteiger charge is 2.50. The molecular formula is C63H68N6O14. The average Bonchev–Trinajstić information content (AvgIpc) is 3.14. The number of hydrogen-bond donors (Lipinski definition) is 3. The molecule has 0 unspecified atom stereocenters. The molecule has 4 amide bonds. The van der Waals surface area contributed by atoms with Crippen LogP contribution in [0.25, 0.3) is 33.4 Å². The molecule has 0 saturated carbocycles. The van der Waals surface area contributed by atoms with Crippen LogP contribution >= 0.6 is 0 Å². The van der Waals surface area contributed by atoms with Crippen molar-refractivity contribution in [3.8, 4) is 28.3 Å². The summed E-state index contributed by atoms with van der Waals surface area (Å²) in [7, 11) is 1.51. The van der Waals surface area contributed by atoms with Gasteiger partial charge in [0.2, 0.25) is 17.4 Å². The third-order valence-electron chi connectivity index (χ3n) is 15.1. The fourth-order valence-corrected chi connectivity index (χ4v) is 10.8. The molecule has 3 atom stereocenters. The summed E-state index contributed by atoms with van der Waals surface area (Å²) in [6.07, 6.45) is -1.77. The van der Waals surface area contributed by atoms with E-state index in [1.54, 1.807) is 94.6 Å². The number of rotatable bonds is 18. The molecule has 3 N–H and O–H groups in total. The van der Waals surface area contributed by atoms with Gasteiger partial charge in [0.25, 0.3) is 5.56 Å². The molecule has 4 aromatic carbocycles. The molecule has 434 valence electrons. The van der Waals surface area contributed by atoms with E-state index >= 15 is 0 Å². The van der Waals surface area contributed by atoms with Gasteiger partial charge in [-0.3, -0.25) is 19.2 Å². The molecule has 1 aliphatic carbocycles. The van der Waals surface area contributed by atoms with Crippen molar-refractivity contribution < 1.29 is 62.0 Å². The number of amides is 4. The maximum Gasteiger partial charge on any atom is 0.514 e. The molecule has 83 heavy (non-hydrogen) atoms. The summed E-state index contributed by atoms with van der Waals surface area (Å²) in [5.41, 5.74) is 5.94. The van der Waals surface area contributed by atoms with Gasteiger partial charge in [-0.1, -0.05) is 88.4 Å². The number of nitrogens with zero attached hydrogens (tertiary/aromatic N) is 3. The first-order valence-electron chi connectivity index (χ1n) is 27.8. The molecule has 0 saturated heterocycles. The number of alkyl carbamates (subject to hydrolysis) is 1. The van der Waals surface area contributed by atoms with Gasteiger partial charge in [0.1, 0.15) is 43.3 Å². The average molecular weight is 1130 g/mol. The van der Waals surface area contributed by atoms with Crippen molar-refractivity contribution >= 4 is 58.7 Å². The molecule has 0 bridgehead atoms. The number of cyclic esters (lactones) is 1. The van der Waals surface area contributed by atoms with E-state index in [-0.39, 0.29) is 80.9 Å². The number of carbonyl (C=O) groups is 7. The molecule has 0 radical (unpaired) electrons. The summed E-state index contributed by atoms with van der Waals surface area (Å²) in [5, 5.41) is 8.87. The van der Waals surface area contributed by atoms with Gasteiger partial charge >= 0.3 is 30.3 Å². The molecule has 4 heterocycles. The number of anilines is 1. The summed E-state index contributed by atoms with van der Waals surface area (Å²) in [6.45, 7) is 13.9. The van der Waals surface area contributed by atoms with Crippen molar-refractivity contribution in [2.24, 2.45) is 5.92 Å². The molecular weight excluding hydrogens is 1060 g/mol. The van der Waals surface area contributed by atoms with Gasteiger partial charge < -0.3 is 53.8 Å². The fraction of sp³-hybridized carbons (Fsp3) is 0.381. The van der Waals surface area contributed by atoms with Crippen LogP contribution < -0.4 is 26.2 Å². The molecule has 6 aromatic rings. The molecule has 2 aromatic heterocycles. The minimum absolute atomic E-state index is 0.0329. The number of fused-ring (bicyclic) bond motifs is 8. The van der Waals surface area contributed by atoms with Gasteiger partial charge in [-0.25, -0.2) is 24.2 Å². The lowest BCUT2D eigenvalue weighted by atomic mass is 9.85. The number of hydrogen-bond acceptors (Lipinski definition) is 15. The second-order valence-electron chi connectivity index (χ2n) is 22.2. The maximum atomic E-state index is 14.3. The summed E-state index contributed by atoms with van der Waals surface area (Å²) in [6, 6.07) is 27.3. The number of aromatic nitrogens is 2. The van der Waals surface area contributed by atoms with E-state index in [0.717, 1.165) is 38.8 Å². The largest absolute Gasteiger partial charge is 0.514 e. The molecule has 20 heteroatoms. The predicted octanol–water partition coefficient (Wildman–Crippen LogP) is 9.56. The van der Waals surface area contributed by atoms with Crippen molar-refractivity contribution in [3.63, 3.8) is 0 Å². The Morgan fingerprint density at radius 3 is 2.18 bits per heavy atom. The van der Waals surface area contributed by atoms with Crippen LogP contribution in [0.15, 0.2) is 102 Å². The van der Waals surface area contributed by atoms with Crippen molar-refractivity contribution in [1.82, 2.24) is 25.1 Å². The number of carbonyl (C=O) groups excluding carboxylic acids is 7. The number of benzene rings is 4. The number of ether oxygens (including phenoxy) is 6. The quantitative estimate of drug-likeness (QED) is 0.0411. The van der Waals surface area contributed by atoms with Crippen LogP contribution in [-0.4, -0.2) is 94.4 Å². The minimum atomic E-state index is -1.93.